The Morgan fingerprint density at radius 2 is 2.32 bits per heavy atom. The maximum Gasteiger partial charge on any atom is 0.0715 e. The average molecular weight is 283 g/mol. The molecule has 0 radical (unpaired) electrons. The molecule has 1 fully saturated rings. The summed E-state index contributed by atoms with van der Waals surface area (Å²) in [4.78, 5) is 2.22. The summed E-state index contributed by atoms with van der Waals surface area (Å²) in [5, 5.41) is 14.0. The van der Waals surface area contributed by atoms with Crippen molar-refractivity contribution < 1.29 is 5.11 Å². The minimum Gasteiger partial charge on any atom is -0.391 e. The van der Waals surface area contributed by atoms with Crippen LogP contribution in [0.15, 0.2) is 18.2 Å². The zero-order valence-corrected chi connectivity index (χ0v) is 12.3. The summed E-state index contributed by atoms with van der Waals surface area (Å²) in [5.41, 5.74) is 2.31. The van der Waals surface area contributed by atoms with Crippen molar-refractivity contribution in [2.75, 3.05) is 24.5 Å². The first-order valence-electron chi connectivity index (χ1n) is 7.13. The largest absolute Gasteiger partial charge is 0.391 e. The van der Waals surface area contributed by atoms with Crippen molar-refractivity contribution in [3.8, 4) is 0 Å². The first kappa shape index (κ1) is 14.6. The fraction of sp³-hybridized carbons (Fsp3) is 0.600. The molecule has 3 nitrogen and oxygen atoms in total. The van der Waals surface area contributed by atoms with Crippen molar-refractivity contribution in [3.05, 3.63) is 28.8 Å². The number of benzene rings is 1. The van der Waals surface area contributed by atoms with Crippen LogP contribution in [0, 0.1) is 0 Å². The van der Waals surface area contributed by atoms with Gasteiger partial charge in [-0.15, -0.1) is 0 Å². The van der Waals surface area contributed by atoms with Crippen molar-refractivity contribution in [1.82, 2.24) is 5.32 Å². The van der Waals surface area contributed by atoms with E-state index in [1.165, 1.54) is 5.56 Å². The highest BCUT2D eigenvalue weighted by Gasteiger charge is 2.21. The number of β-amino-alcohol motifs (C(OH)–C–C–N with tert-alkyl or cyclic N) is 1. The van der Waals surface area contributed by atoms with Crippen molar-refractivity contribution in [2.45, 2.75) is 38.8 Å². The number of nitrogens with one attached hydrogen (secondary N) is 1. The van der Waals surface area contributed by atoms with Crippen LogP contribution in [0.25, 0.3) is 0 Å². The van der Waals surface area contributed by atoms with Gasteiger partial charge in [0.15, 0.2) is 0 Å². The lowest BCUT2D eigenvalue weighted by molar-refractivity contribution is 0.154. The lowest BCUT2D eigenvalue weighted by Crippen LogP contribution is -2.39. The van der Waals surface area contributed by atoms with Crippen LogP contribution in [0.2, 0.25) is 5.02 Å². The highest BCUT2D eigenvalue weighted by atomic mass is 35.5. The van der Waals surface area contributed by atoms with E-state index >= 15 is 0 Å². The lowest BCUT2D eigenvalue weighted by atomic mass is 10.1. The van der Waals surface area contributed by atoms with E-state index in [9.17, 15) is 5.11 Å². The van der Waals surface area contributed by atoms with Gasteiger partial charge >= 0.3 is 0 Å². The van der Waals surface area contributed by atoms with E-state index in [0.29, 0.717) is 6.54 Å². The maximum atomic E-state index is 9.84. The second-order valence-electron chi connectivity index (χ2n) is 5.17. The van der Waals surface area contributed by atoms with Crippen molar-refractivity contribution in [1.29, 1.82) is 0 Å². The molecule has 0 aliphatic carbocycles. The highest BCUT2D eigenvalue weighted by molar-refractivity contribution is 6.33. The molecule has 1 aliphatic rings. The van der Waals surface area contributed by atoms with E-state index in [-0.39, 0.29) is 6.10 Å². The summed E-state index contributed by atoms with van der Waals surface area (Å²) < 4.78 is 0. The minimum atomic E-state index is -0.235. The number of aliphatic hydroxyl groups is 1. The molecule has 0 aromatic heterocycles. The Hall–Kier alpha value is -0.770. The lowest BCUT2D eigenvalue weighted by Gasteiger charge is -2.34. The zero-order chi connectivity index (χ0) is 13.7. The van der Waals surface area contributed by atoms with Crippen molar-refractivity contribution >= 4 is 17.3 Å². The van der Waals surface area contributed by atoms with Gasteiger partial charge in [0.2, 0.25) is 0 Å². The Morgan fingerprint density at radius 1 is 1.47 bits per heavy atom. The summed E-state index contributed by atoms with van der Waals surface area (Å²) in [6.45, 7) is 5.66. The predicted molar refractivity (Wildman–Crippen MR) is 80.9 cm³/mol. The molecule has 1 aromatic rings. The molecule has 4 heteroatoms. The monoisotopic (exact) mass is 282 g/mol. The molecule has 0 amide bonds. The molecule has 0 spiro atoms. The maximum absolute atomic E-state index is 9.84. The Morgan fingerprint density at radius 3 is 3.05 bits per heavy atom. The van der Waals surface area contributed by atoms with Crippen molar-refractivity contribution in [3.63, 3.8) is 0 Å². The molecule has 0 saturated carbocycles. The Labute approximate surface area is 120 Å². The Balaban J connectivity index is 2.16. The Bertz CT molecular complexity index is 411. The molecule has 1 aliphatic heterocycles. The molecular formula is C15H23ClN2O. The molecule has 19 heavy (non-hydrogen) atoms. The third-order valence-corrected chi connectivity index (χ3v) is 3.83. The van der Waals surface area contributed by atoms with Gasteiger partial charge in [-0.25, -0.2) is 0 Å². The number of rotatable bonds is 5. The molecule has 1 saturated heterocycles. The number of anilines is 1. The van der Waals surface area contributed by atoms with Crippen LogP contribution in [0.4, 0.5) is 5.69 Å². The normalized spacial score (nSPS) is 19.7. The van der Waals surface area contributed by atoms with Crippen LogP contribution >= 0.6 is 11.6 Å². The topological polar surface area (TPSA) is 35.5 Å². The first-order chi connectivity index (χ1) is 9.22. The molecule has 106 valence electrons. The molecule has 2 N–H and O–H groups in total. The summed E-state index contributed by atoms with van der Waals surface area (Å²) in [5.74, 6) is 0. The summed E-state index contributed by atoms with van der Waals surface area (Å²) >= 11 is 6.37. The molecule has 1 heterocycles. The fourth-order valence-electron chi connectivity index (χ4n) is 2.61. The predicted octanol–water partition coefficient (Wildman–Crippen LogP) is 2.80. The van der Waals surface area contributed by atoms with Gasteiger partial charge < -0.3 is 15.3 Å². The Kier molecular flexibility index (Phi) is 5.49. The second kappa shape index (κ2) is 7.13. The van der Waals surface area contributed by atoms with Crippen LogP contribution < -0.4 is 10.2 Å². The van der Waals surface area contributed by atoms with Gasteiger partial charge in [-0.1, -0.05) is 30.7 Å². The standard InChI is InChI=1S/C15H23ClN2O/c1-2-8-17-10-12-5-3-7-14(16)15(12)18-9-4-6-13(19)11-18/h3,5,7,13,17,19H,2,4,6,8-11H2,1H3. The van der Waals surface area contributed by atoms with Gasteiger partial charge in [-0.05, 0) is 37.4 Å². The van der Waals surface area contributed by atoms with Gasteiger partial charge in [0.05, 0.1) is 16.8 Å². The molecule has 1 atom stereocenters. The number of halogens is 1. The van der Waals surface area contributed by atoms with Gasteiger partial charge in [0.25, 0.3) is 0 Å². The van der Waals surface area contributed by atoms with E-state index in [0.717, 1.165) is 49.6 Å². The summed E-state index contributed by atoms with van der Waals surface area (Å²) in [6.07, 6.45) is 2.80. The van der Waals surface area contributed by atoms with Gasteiger partial charge in [0, 0.05) is 19.6 Å². The fourth-order valence-corrected chi connectivity index (χ4v) is 2.93. The number of nitrogens with zero attached hydrogens (tertiary/aromatic N) is 1. The third-order valence-electron chi connectivity index (χ3n) is 3.53. The van der Waals surface area contributed by atoms with E-state index in [1.54, 1.807) is 0 Å². The molecular weight excluding hydrogens is 260 g/mol. The first-order valence-corrected chi connectivity index (χ1v) is 7.51. The van der Waals surface area contributed by atoms with Crippen LogP contribution in [-0.2, 0) is 6.54 Å². The van der Waals surface area contributed by atoms with E-state index in [2.05, 4.69) is 23.2 Å². The van der Waals surface area contributed by atoms with Gasteiger partial charge in [-0.3, -0.25) is 0 Å². The second-order valence-corrected chi connectivity index (χ2v) is 5.57. The summed E-state index contributed by atoms with van der Waals surface area (Å²) in [7, 11) is 0. The van der Waals surface area contributed by atoms with E-state index < -0.39 is 0 Å². The smallest absolute Gasteiger partial charge is 0.0715 e. The van der Waals surface area contributed by atoms with E-state index in [4.69, 9.17) is 11.6 Å². The molecule has 1 aromatic carbocycles. The molecule has 0 bridgehead atoms. The molecule has 2 rings (SSSR count). The van der Waals surface area contributed by atoms with Crippen molar-refractivity contribution in [2.24, 2.45) is 0 Å². The van der Waals surface area contributed by atoms with E-state index in [1.807, 2.05) is 12.1 Å². The van der Waals surface area contributed by atoms with Gasteiger partial charge in [-0.2, -0.15) is 0 Å². The SMILES string of the molecule is CCCNCc1cccc(Cl)c1N1CCCC(O)C1. The quantitative estimate of drug-likeness (QED) is 0.815. The average Bonchev–Trinajstić information content (AvgIpc) is 2.39. The number of hydrogen-bond acceptors (Lipinski definition) is 3. The third kappa shape index (κ3) is 3.85. The number of aliphatic hydroxyl groups excluding tert-OH is 1. The zero-order valence-electron chi connectivity index (χ0n) is 11.5. The number of hydrogen-bond donors (Lipinski definition) is 2. The van der Waals surface area contributed by atoms with Crippen LogP contribution in [0.3, 0.4) is 0 Å². The van der Waals surface area contributed by atoms with Crippen LogP contribution in [-0.4, -0.2) is 30.8 Å². The molecule has 1 unspecified atom stereocenters. The number of para-hydroxylation sites is 1. The summed E-state index contributed by atoms with van der Waals surface area (Å²) in [6, 6.07) is 6.04. The van der Waals surface area contributed by atoms with Crippen LogP contribution in [0.5, 0.6) is 0 Å². The minimum absolute atomic E-state index is 0.235. The highest BCUT2D eigenvalue weighted by Crippen LogP contribution is 2.32. The van der Waals surface area contributed by atoms with Gasteiger partial charge in [0.1, 0.15) is 0 Å². The number of piperidine rings is 1. The van der Waals surface area contributed by atoms with Crippen LogP contribution in [0.1, 0.15) is 31.7 Å².